The Morgan fingerprint density at radius 2 is 1.81 bits per heavy atom. The molecule has 6 heteroatoms. The molecule has 1 N–H and O–H groups in total. The van der Waals surface area contributed by atoms with E-state index < -0.39 is 5.41 Å². The zero-order valence-corrected chi connectivity index (χ0v) is 18.8. The number of carbonyl (C=O) groups is 2. The lowest BCUT2D eigenvalue weighted by Crippen LogP contribution is -2.51. The van der Waals surface area contributed by atoms with E-state index in [1.807, 2.05) is 18.2 Å². The second-order valence-electron chi connectivity index (χ2n) is 10.7. The van der Waals surface area contributed by atoms with Crippen LogP contribution in [0.2, 0.25) is 0 Å². The molecule has 6 rings (SSSR count). The predicted octanol–water partition coefficient (Wildman–Crippen LogP) is 4.12. The summed E-state index contributed by atoms with van der Waals surface area (Å²) < 4.78 is 7.02. The fraction of sp³-hybridized carbons (Fsp3) is 0.640. The van der Waals surface area contributed by atoms with Crippen LogP contribution in [-0.4, -0.2) is 34.4 Å². The molecule has 4 bridgehead atoms. The Hall–Kier alpha value is -2.37. The van der Waals surface area contributed by atoms with Gasteiger partial charge in [-0.05, 0) is 94.6 Å². The van der Waals surface area contributed by atoms with E-state index in [0.29, 0.717) is 29.1 Å². The molecule has 4 saturated carbocycles. The number of hydrogen-bond donors (Lipinski definition) is 1. The van der Waals surface area contributed by atoms with Crippen LogP contribution >= 0.6 is 0 Å². The number of nitrogens with one attached hydrogen (secondary N) is 1. The molecule has 31 heavy (non-hydrogen) atoms. The van der Waals surface area contributed by atoms with Crippen molar-refractivity contribution < 1.29 is 14.3 Å². The third-order valence-electron chi connectivity index (χ3n) is 7.94. The summed E-state index contributed by atoms with van der Waals surface area (Å²) in [4.78, 5) is 30.2. The summed E-state index contributed by atoms with van der Waals surface area (Å²) in [5.74, 6) is 2.22. The lowest BCUT2D eigenvalue weighted by atomic mass is 9.49. The van der Waals surface area contributed by atoms with Crippen molar-refractivity contribution in [2.45, 2.75) is 64.7 Å². The highest BCUT2D eigenvalue weighted by Gasteiger charge is 2.50. The van der Waals surface area contributed by atoms with Gasteiger partial charge in [0, 0.05) is 12.7 Å². The second-order valence-corrected chi connectivity index (χ2v) is 10.7. The van der Waals surface area contributed by atoms with E-state index in [1.54, 1.807) is 31.4 Å². The topological polar surface area (TPSA) is 72.7 Å². The zero-order valence-electron chi connectivity index (χ0n) is 18.8. The van der Waals surface area contributed by atoms with E-state index in [2.05, 4.69) is 10.3 Å². The van der Waals surface area contributed by atoms with Crippen molar-refractivity contribution in [1.29, 1.82) is 0 Å². The molecule has 0 radical (unpaired) electrons. The number of ether oxygens (including phenoxy) is 1. The van der Waals surface area contributed by atoms with Gasteiger partial charge in [-0.25, -0.2) is 4.98 Å². The molecule has 166 valence electrons. The Labute approximate surface area is 183 Å². The van der Waals surface area contributed by atoms with Crippen LogP contribution in [0.25, 0.3) is 5.65 Å². The molecule has 2 aromatic rings. The van der Waals surface area contributed by atoms with Gasteiger partial charge in [-0.1, -0.05) is 6.07 Å². The second kappa shape index (κ2) is 7.35. The summed E-state index contributed by atoms with van der Waals surface area (Å²) in [5, 5.41) is 3.26. The van der Waals surface area contributed by atoms with Crippen LogP contribution in [0, 0.1) is 23.2 Å². The number of rotatable bonds is 6. The quantitative estimate of drug-likeness (QED) is 0.710. The van der Waals surface area contributed by atoms with Gasteiger partial charge in [-0.3, -0.25) is 14.0 Å². The Kier molecular flexibility index (Phi) is 4.87. The van der Waals surface area contributed by atoms with Crippen LogP contribution in [0.4, 0.5) is 0 Å². The molecule has 0 atom stereocenters. The van der Waals surface area contributed by atoms with Gasteiger partial charge in [0.15, 0.2) is 0 Å². The van der Waals surface area contributed by atoms with E-state index in [9.17, 15) is 9.59 Å². The average Bonchev–Trinajstić information content (AvgIpc) is 3.16. The highest BCUT2D eigenvalue weighted by molar-refractivity contribution is 5.93. The van der Waals surface area contributed by atoms with E-state index >= 15 is 0 Å². The molecule has 6 nitrogen and oxygen atoms in total. The van der Waals surface area contributed by atoms with Crippen LogP contribution in [0.1, 0.15) is 75.5 Å². The van der Waals surface area contributed by atoms with Crippen molar-refractivity contribution in [2.75, 3.05) is 13.2 Å². The highest BCUT2D eigenvalue weighted by Crippen LogP contribution is 2.59. The first kappa shape index (κ1) is 20.5. The number of imidazole rings is 1. The van der Waals surface area contributed by atoms with E-state index in [0.717, 1.165) is 24.3 Å². The van der Waals surface area contributed by atoms with E-state index in [4.69, 9.17) is 4.74 Å². The molecule has 2 aromatic heterocycles. The maximum Gasteiger partial charge on any atom is 0.317 e. The maximum atomic E-state index is 13.2. The lowest BCUT2D eigenvalue weighted by molar-refractivity contribution is -0.148. The van der Waals surface area contributed by atoms with Gasteiger partial charge in [0.2, 0.25) is 0 Å². The summed E-state index contributed by atoms with van der Waals surface area (Å²) >= 11 is 0. The molecular weight excluding hydrogens is 390 g/mol. The molecule has 4 fully saturated rings. The smallest absolute Gasteiger partial charge is 0.317 e. The third kappa shape index (κ3) is 3.54. The summed E-state index contributed by atoms with van der Waals surface area (Å²) in [6.45, 7) is 6.50. The van der Waals surface area contributed by atoms with Crippen molar-refractivity contribution in [3.05, 3.63) is 35.8 Å². The molecule has 4 aliphatic rings. The number of hydrogen-bond acceptors (Lipinski definition) is 4. The number of pyridine rings is 1. The summed E-state index contributed by atoms with van der Waals surface area (Å²) in [6.07, 6.45) is 9.82. The van der Waals surface area contributed by atoms with Crippen LogP contribution in [0.5, 0.6) is 0 Å². The molecule has 2 heterocycles. The Morgan fingerprint density at radius 3 is 2.42 bits per heavy atom. The molecule has 0 saturated heterocycles. The van der Waals surface area contributed by atoms with Crippen LogP contribution in [0.3, 0.4) is 0 Å². The minimum absolute atomic E-state index is 0.0702. The molecule has 0 spiro atoms. The van der Waals surface area contributed by atoms with Gasteiger partial charge in [-0.15, -0.1) is 0 Å². The van der Waals surface area contributed by atoms with Crippen molar-refractivity contribution in [3.8, 4) is 0 Å². The standard InChI is InChI=1S/C25H33N3O3/c1-4-31-23(30)24(2,3)20-14-28-19(6-5-7-21(28)27-20)22(29)26-15-25-11-16-8-17(12-25)10-18(9-16)13-25/h5-7,14,16-18H,4,8-13,15H2,1-3H3,(H,26,29). The fourth-order valence-corrected chi connectivity index (χ4v) is 6.78. The van der Waals surface area contributed by atoms with Crippen LogP contribution < -0.4 is 5.32 Å². The fourth-order valence-electron chi connectivity index (χ4n) is 6.78. The normalized spacial score (nSPS) is 29.3. The van der Waals surface area contributed by atoms with Crippen molar-refractivity contribution in [2.24, 2.45) is 23.2 Å². The Bertz CT molecular complexity index is 987. The molecular formula is C25H33N3O3. The largest absolute Gasteiger partial charge is 0.465 e. The molecule has 0 aromatic carbocycles. The molecule has 0 aliphatic heterocycles. The number of esters is 1. The molecule has 1 amide bonds. The van der Waals surface area contributed by atoms with Gasteiger partial charge >= 0.3 is 5.97 Å². The van der Waals surface area contributed by atoms with Gasteiger partial charge in [-0.2, -0.15) is 0 Å². The number of aromatic nitrogens is 2. The number of nitrogens with zero attached hydrogens (tertiary/aromatic N) is 2. The molecule has 4 aliphatic carbocycles. The Balaban J connectivity index is 1.36. The predicted molar refractivity (Wildman–Crippen MR) is 118 cm³/mol. The first-order valence-electron chi connectivity index (χ1n) is 11.7. The monoisotopic (exact) mass is 423 g/mol. The first-order chi connectivity index (χ1) is 14.8. The average molecular weight is 424 g/mol. The van der Waals surface area contributed by atoms with E-state index in [-0.39, 0.29) is 11.9 Å². The van der Waals surface area contributed by atoms with E-state index in [1.165, 1.54) is 38.5 Å². The van der Waals surface area contributed by atoms with Gasteiger partial charge in [0.05, 0.1) is 12.3 Å². The summed E-state index contributed by atoms with van der Waals surface area (Å²) in [6, 6.07) is 5.54. The summed E-state index contributed by atoms with van der Waals surface area (Å²) in [5.41, 5.74) is 1.24. The number of amides is 1. The first-order valence-corrected chi connectivity index (χ1v) is 11.7. The van der Waals surface area contributed by atoms with Gasteiger partial charge < -0.3 is 10.1 Å². The van der Waals surface area contributed by atoms with Crippen molar-refractivity contribution in [3.63, 3.8) is 0 Å². The van der Waals surface area contributed by atoms with Gasteiger partial charge in [0.25, 0.3) is 5.91 Å². The van der Waals surface area contributed by atoms with Crippen LogP contribution in [-0.2, 0) is 14.9 Å². The minimum Gasteiger partial charge on any atom is -0.465 e. The van der Waals surface area contributed by atoms with Gasteiger partial charge in [0.1, 0.15) is 16.8 Å². The maximum absolute atomic E-state index is 13.2. The SMILES string of the molecule is CCOC(=O)C(C)(C)c1cn2c(C(=O)NCC34CC5CC(CC(C5)C3)C4)cccc2n1. The molecule has 0 unspecified atom stereocenters. The highest BCUT2D eigenvalue weighted by atomic mass is 16.5. The number of carbonyl (C=O) groups excluding carboxylic acids is 2. The minimum atomic E-state index is -0.880. The van der Waals surface area contributed by atoms with Crippen LogP contribution in [0.15, 0.2) is 24.4 Å². The zero-order chi connectivity index (χ0) is 21.8. The van der Waals surface area contributed by atoms with Crippen molar-refractivity contribution >= 4 is 17.5 Å². The third-order valence-corrected chi connectivity index (χ3v) is 7.94. The lowest BCUT2D eigenvalue weighted by Gasteiger charge is -2.56. The Morgan fingerprint density at radius 1 is 1.16 bits per heavy atom. The number of fused-ring (bicyclic) bond motifs is 1. The van der Waals surface area contributed by atoms with Crippen molar-refractivity contribution in [1.82, 2.24) is 14.7 Å². The summed E-state index contributed by atoms with van der Waals surface area (Å²) in [7, 11) is 0.